The van der Waals surface area contributed by atoms with E-state index in [1.165, 1.54) is 7.11 Å². The monoisotopic (exact) mass is 180 g/mol. The molecule has 0 aromatic carbocycles. The molecule has 0 spiro atoms. The van der Waals surface area contributed by atoms with Crippen molar-refractivity contribution in [1.82, 2.24) is 10.2 Å². The van der Waals surface area contributed by atoms with Gasteiger partial charge < -0.3 is 15.0 Å². The highest BCUT2D eigenvalue weighted by atomic mass is 16.5. The third-order valence-corrected chi connectivity index (χ3v) is 2.27. The zero-order chi connectivity index (χ0) is 9.26. The standard InChI is InChI=1S/C9H12N2O2/c1-13-9(12)7-6-11-5-3-2-4-8(11)10-7/h2-4,7,10H,5-6H2,1H3. The fourth-order valence-corrected chi connectivity index (χ4v) is 1.58. The topological polar surface area (TPSA) is 41.6 Å². The molecule has 1 fully saturated rings. The Morgan fingerprint density at radius 2 is 2.62 bits per heavy atom. The number of ether oxygens (including phenoxy) is 1. The van der Waals surface area contributed by atoms with Crippen LogP contribution in [0, 0.1) is 0 Å². The van der Waals surface area contributed by atoms with Crippen LogP contribution in [0.1, 0.15) is 0 Å². The van der Waals surface area contributed by atoms with E-state index in [-0.39, 0.29) is 12.0 Å². The molecule has 13 heavy (non-hydrogen) atoms. The largest absolute Gasteiger partial charge is 0.467 e. The number of fused-ring (bicyclic) bond motifs is 1. The molecule has 0 radical (unpaired) electrons. The molecular weight excluding hydrogens is 168 g/mol. The van der Waals surface area contributed by atoms with Crippen LogP contribution in [0.25, 0.3) is 0 Å². The number of esters is 1. The Bertz CT molecular complexity index is 283. The minimum absolute atomic E-state index is 0.199. The number of nitrogens with one attached hydrogen (secondary N) is 1. The lowest BCUT2D eigenvalue weighted by Gasteiger charge is -2.18. The van der Waals surface area contributed by atoms with Gasteiger partial charge >= 0.3 is 5.97 Å². The number of carbonyl (C=O) groups excluding carboxylic acids is 1. The summed E-state index contributed by atoms with van der Waals surface area (Å²) in [5.74, 6) is 0.813. The van der Waals surface area contributed by atoms with Crippen molar-refractivity contribution in [2.75, 3.05) is 20.2 Å². The van der Waals surface area contributed by atoms with E-state index >= 15 is 0 Å². The zero-order valence-corrected chi connectivity index (χ0v) is 7.49. The van der Waals surface area contributed by atoms with Gasteiger partial charge in [-0.2, -0.15) is 0 Å². The summed E-state index contributed by atoms with van der Waals surface area (Å²) in [5.41, 5.74) is 0. The molecule has 2 aliphatic rings. The molecular formula is C9H12N2O2. The van der Waals surface area contributed by atoms with E-state index in [2.05, 4.69) is 21.0 Å². The summed E-state index contributed by atoms with van der Waals surface area (Å²) in [6.07, 6.45) is 6.01. The minimum Gasteiger partial charge on any atom is -0.467 e. The molecule has 0 amide bonds. The molecule has 1 N–H and O–H groups in total. The smallest absolute Gasteiger partial charge is 0.330 e. The maximum absolute atomic E-state index is 11.2. The second-order valence-corrected chi connectivity index (χ2v) is 3.11. The molecule has 0 aromatic heterocycles. The van der Waals surface area contributed by atoms with Gasteiger partial charge in [0.25, 0.3) is 0 Å². The molecule has 1 atom stereocenters. The molecule has 4 heteroatoms. The predicted octanol–water partition coefficient (Wildman–Crippen LogP) is -0.156. The Morgan fingerprint density at radius 3 is 3.31 bits per heavy atom. The van der Waals surface area contributed by atoms with Gasteiger partial charge in [-0.3, -0.25) is 0 Å². The minimum atomic E-state index is -0.212. The van der Waals surface area contributed by atoms with E-state index in [0.717, 1.165) is 12.4 Å². The van der Waals surface area contributed by atoms with Crippen LogP contribution in [0.5, 0.6) is 0 Å². The maximum Gasteiger partial charge on any atom is 0.330 e. The maximum atomic E-state index is 11.2. The number of methoxy groups -OCH3 is 1. The fraction of sp³-hybridized carbons (Fsp3) is 0.444. The summed E-state index contributed by atoms with van der Waals surface area (Å²) in [7, 11) is 1.41. The van der Waals surface area contributed by atoms with Crippen molar-refractivity contribution in [3.05, 3.63) is 24.0 Å². The Labute approximate surface area is 76.9 Å². The van der Waals surface area contributed by atoms with Gasteiger partial charge in [-0.1, -0.05) is 12.2 Å². The summed E-state index contributed by atoms with van der Waals surface area (Å²) >= 11 is 0. The highest BCUT2D eigenvalue weighted by Gasteiger charge is 2.31. The van der Waals surface area contributed by atoms with Crippen LogP contribution in [-0.2, 0) is 9.53 Å². The number of nitrogens with zero attached hydrogens (tertiary/aromatic N) is 1. The van der Waals surface area contributed by atoms with Crippen molar-refractivity contribution >= 4 is 5.97 Å². The van der Waals surface area contributed by atoms with E-state index in [0.29, 0.717) is 6.54 Å². The van der Waals surface area contributed by atoms with Gasteiger partial charge in [0, 0.05) is 6.54 Å². The zero-order valence-electron chi connectivity index (χ0n) is 7.49. The van der Waals surface area contributed by atoms with Crippen LogP contribution >= 0.6 is 0 Å². The molecule has 2 heterocycles. The molecule has 2 rings (SSSR count). The number of carbonyl (C=O) groups is 1. The van der Waals surface area contributed by atoms with Crippen molar-refractivity contribution in [3.8, 4) is 0 Å². The van der Waals surface area contributed by atoms with Crippen LogP contribution in [0.2, 0.25) is 0 Å². The Hall–Kier alpha value is -1.45. The first-order chi connectivity index (χ1) is 6.31. The average molecular weight is 180 g/mol. The number of rotatable bonds is 1. The molecule has 2 aliphatic heterocycles. The second-order valence-electron chi connectivity index (χ2n) is 3.11. The van der Waals surface area contributed by atoms with Gasteiger partial charge in [0.1, 0.15) is 11.9 Å². The molecule has 0 saturated carbocycles. The summed E-state index contributed by atoms with van der Waals surface area (Å²) in [6.45, 7) is 1.56. The van der Waals surface area contributed by atoms with Crippen molar-refractivity contribution in [2.24, 2.45) is 0 Å². The molecule has 70 valence electrons. The van der Waals surface area contributed by atoms with Crippen molar-refractivity contribution in [2.45, 2.75) is 6.04 Å². The fourth-order valence-electron chi connectivity index (χ4n) is 1.58. The SMILES string of the molecule is COC(=O)C1CN2CC=CC=C2N1. The second kappa shape index (κ2) is 3.12. The molecule has 1 saturated heterocycles. The average Bonchev–Trinajstić information content (AvgIpc) is 2.59. The van der Waals surface area contributed by atoms with E-state index in [1.54, 1.807) is 0 Å². The van der Waals surface area contributed by atoms with Crippen LogP contribution in [0.3, 0.4) is 0 Å². The van der Waals surface area contributed by atoms with Crippen molar-refractivity contribution in [3.63, 3.8) is 0 Å². The van der Waals surface area contributed by atoms with Gasteiger partial charge in [0.2, 0.25) is 0 Å². The van der Waals surface area contributed by atoms with Crippen molar-refractivity contribution < 1.29 is 9.53 Å². The summed E-state index contributed by atoms with van der Waals surface area (Å²) in [6, 6.07) is -0.212. The summed E-state index contributed by atoms with van der Waals surface area (Å²) < 4.78 is 4.66. The number of allylic oxidation sites excluding steroid dienone is 2. The quantitative estimate of drug-likeness (QED) is 0.569. The first-order valence-corrected chi connectivity index (χ1v) is 4.27. The number of hydrogen-bond donors (Lipinski definition) is 1. The van der Waals surface area contributed by atoms with Gasteiger partial charge in [-0.25, -0.2) is 4.79 Å². The Balaban J connectivity index is 2.06. The number of hydrogen-bond acceptors (Lipinski definition) is 4. The van der Waals surface area contributed by atoms with Crippen LogP contribution in [0.15, 0.2) is 24.0 Å². The van der Waals surface area contributed by atoms with Crippen LogP contribution < -0.4 is 5.32 Å². The van der Waals surface area contributed by atoms with Gasteiger partial charge in [0.05, 0.1) is 13.7 Å². The molecule has 4 nitrogen and oxygen atoms in total. The molecule has 0 bridgehead atoms. The lowest BCUT2D eigenvalue weighted by Crippen LogP contribution is -2.33. The normalized spacial score (nSPS) is 24.8. The van der Waals surface area contributed by atoms with E-state index in [9.17, 15) is 4.79 Å². The third kappa shape index (κ3) is 1.39. The van der Waals surface area contributed by atoms with Crippen molar-refractivity contribution in [1.29, 1.82) is 0 Å². The first-order valence-electron chi connectivity index (χ1n) is 4.27. The van der Waals surface area contributed by atoms with E-state index < -0.39 is 0 Å². The van der Waals surface area contributed by atoms with Crippen LogP contribution in [-0.4, -0.2) is 37.1 Å². The Morgan fingerprint density at radius 1 is 1.77 bits per heavy atom. The lowest BCUT2D eigenvalue weighted by molar-refractivity contribution is -0.142. The highest BCUT2D eigenvalue weighted by molar-refractivity contribution is 5.77. The van der Waals surface area contributed by atoms with E-state index in [4.69, 9.17) is 0 Å². The predicted molar refractivity (Wildman–Crippen MR) is 47.7 cm³/mol. The highest BCUT2D eigenvalue weighted by Crippen LogP contribution is 2.15. The summed E-state index contributed by atoms with van der Waals surface area (Å²) in [4.78, 5) is 13.3. The Kier molecular flexibility index (Phi) is 1.96. The molecule has 0 aliphatic carbocycles. The molecule has 1 unspecified atom stereocenters. The summed E-state index contributed by atoms with van der Waals surface area (Å²) in [5, 5.41) is 3.10. The first kappa shape index (κ1) is 8.16. The van der Waals surface area contributed by atoms with Crippen LogP contribution in [0.4, 0.5) is 0 Å². The van der Waals surface area contributed by atoms with Gasteiger partial charge in [0.15, 0.2) is 0 Å². The molecule has 0 aromatic rings. The lowest BCUT2D eigenvalue weighted by atomic mass is 10.3. The van der Waals surface area contributed by atoms with E-state index in [1.807, 2.05) is 12.2 Å². The van der Waals surface area contributed by atoms with Gasteiger partial charge in [-0.05, 0) is 6.08 Å². The van der Waals surface area contributed by atoms with Gasteiger partial charge in [-0.15, -0.1) is 0 Å². The third-order valence-electron chi connectivity index (χ3n) is 2.27.